The van der Waals surface area contributed by atoms with Gasteiger partial charge in [-0.2, -0.15) is 0 Å². The molecule has 3 heterocycles. The maximum atomic E-state index is 13.0. The number of carbonyl (C=O) groups excluding carboxylic acids is 1. The van der Waals surface area contributed by atoms with E-state index in [0.29, 0.717) is 23.9 Å². The molecule has 1 aliphatic rings. The summed E-state index contributed by atoms with van der Waals surface area (Å²) in [6, 6.07) is 0. The SMILES string of the molecule is C=CCn1c(SC(C)C(=O)c2c(N)n(C)c(=O)n(C)c2=O)nnc1C1CCS(=O)(=O)C1. The van der Waals surface area contributed by atoms with E-state index in [1.165, 1.54) is 14.1 Å². The molecule has 2 aromatic rings. The third-order valence-electron chi connectivity index (χ3n) is 5.26. The van der Waals surface area contributed by atoms with Crippen LogP contribution in [0.1, 0.15) is 35.4 Å². The number of anilines is 1. The summed E-state index contributed by atoms with van der Waals surface area (Å²) in [6.45, 7) is 5.66. The lowest BCUT2D eigenvalue weighted by molar-refractivity contribution is 0.0992. The first-order valence-electron chi connectivity index (χ1n) is 9.49. The van der Waals surface area contributed by atoms with Crippen LogP contribution in [0.2, 0.25) is 0 Å². The lowest BCUT2D eigenvalue weighted by atomic mass is 10.1. The van der Waals surface area contributed by atoms with E-state index in [1.54, 1.807) is 17.6 Å². The molecule has 2 atom stereocenters. The number of allylic oxidation sites excluding steroid dienone is 1. The largest absolute Gasteiger partial charge is 0.384 e. The number of hydrogen-bond acceptors (Lipinski definition) is 9. The van der Waals surface area contributed by atoms with Crippen molar-refractivity contribution in [1.29, 1.82) is 0 Å². The number of Topliss-reactive ketones (excluding diaryl/α,β-unsaturated/α-hetero) is 1. The van der Waals surface area contributed by atoms with Crippen LogP contribution >= 0.6 is 11.8 Å². The van der Waals surface area contributed by atoms with Gasteiger partial charge in [-0.25, -0.2) is 13.2 Å². The summed E-state index contributed by atoms with van der Waals surface area (Å²) < 4.78 is 27.3. The van der Waals surface area contributed by atoms with Crippen LogP contribution in [-0.4, -0.2) is 54.9 Å². The number of carbonyl (C=O) groups is 1. The second-order valence-corrected chi connectivity index (χ2v) is 11.0. The van der Waals surface area contributed by atoms with Crippen LogP contribution in [0.3, 0.4) is 0 Å². The van der Waals surface area contributed by atoms with Gasteiger partial charge >= 0.3 is 5.69 Å². The van der Waals surface area contributed by atoms with Crippen LogP contribution in [0.4, 0.5) is 5.82 Å². The maximum Gasteiger partial charge on any atom is 0.332 e. The molecule has 1 saturated heterocycles. The number of nitrogens with two attached hydrogens (primary N) is 1. The smallest absolute Gasteiger partial charge is 0.332 e. The van der Waals surface area contributed by atoms with Crippen molar-refractivity contribution < 1.29 is 13.2 Å². The Bertz CT molecular complexity index is 1270. The number of hydrogen-bond donors (Lipinski definition) is 1. The first-order chi connectivity index (χ1) is 14.5. The maximum absolute atomic E-state index is 13.0. The van der Waals surface area contributed by atoms with Gasteiger partial charge in [-0.1, -0.05) is 17.8 Å². The first kappa shape index (κ1) is 23.0. The molecule has 13 heteroatoms. The minimum absolute atomic E-state index is 0.00600. The van der Waals surface area contributed by atoms with Crippen molar-refractivity contribution in [3.05, 3.63) is 44.9 Å². The number of nitrogens with zero attached hydrogens (tertiary/aromatic N) is 5. The highest BCUT2D eigenvalue weighted by molar-refractivity contribution is 8.00. The second-order valence-electron chi connectivity index (χ2n) is 7.43. The van der Waals surface area contributed by atoms with Crippen molar-refractivity contribution in [3.8, 4) is 0 Å². The number of ketones is 1. The minimum atomic E-state index is -3.11. The van der Waals surface area contributed by atoms with E-state index in [0.717, 1.165) is 20.9 Å². The van der Waals surface area contributed by atoms with Crippen molar-refractivity contribution in [3.63, 3.8) is 0 Å². The lowest BCUT2D eigenvalue weighted by Crippen LogP contribution is -2.42. The van der Waals surface area contributed by atoms with E-state index in [4.69, 9.17) is 5.73 Å². The molecule has 0 aromatic carbocycles. The molecule has 2 N–H and O–H groups in total. The summed E-state index contributed by atoms with van der Waals surface area (Å²) in [5.74, 6) is -0.381. The lowest BCUT2D eigenvalue weighted by Gasteiger charge is -2.15. The highest BCUT2D eigenvalue weighted by atomic mass is 32.2. The fourth-order valence-electron chi connectivity index (χ4n) is 3.49. The van der Waals surface area contributed by atoms with Crippen LogP contribution < -0.4 is 17.0 Å². The summed E-state index contributed by atoms with van der Waals surface area (Å²) in [6.07, 6.45) is 2.09. The summed E-state index contributed by atoms with van der Waals surface area (Å²) in [5, 5.41) is 7.96. The molecular weight excluding hydrogens is 444 g/mol. The predicted molar refractivity (Wildman–Crippen MR) is 117 cm³/mol. The number of aromatic nitrogens is 5. The van der Waals surface area contributed by atoms with Crippen molar-refractivity contribution in [2.24, 2.45) is 14.1 Å². The van der Waals surface area contributed by atoms with Gasteiger partial charge in [0.15, 0.2) is 20.8 Å². The Hall–Kier alpha value is -2.67. The zero-order valence-corrected chi connectivity index (χ0v) is 19.1. The third-order valence-corrected chi connectivity index (χ3v) is 8.11. The number of nitrogen functional groups attached to an aromatic ring is 1. The normalized spacial score (nSPS) is 18.7. The molecule has 31 heavy (non-hydrogen) atoms. The van der Waals surface area contributed by atoms with E-state index >= 15 is 0 Å². The Morgan fingerprint density at radius 2 is 2.00 bits per heavy atom. The van der Waals surface area contributed by atoms with Gasteiger partial charge < -0.3 is 10.3 Å². The van der Waals surface area contributed by atoms with Gasteiger partial charge in [0.25, 0.3) is 5.56 Å². The summed E-state index contributed by atoms with van der Waals surface area (Å²) >= 11 is 1.08. The van der Waals surface area contributed by atoms with E-state index < -0.39 is 32.1 Å². The van der Waals surface area contributed by atoms with Gasteiger partial charge in [0.05, 0.1) is 16.8 Å². The molecule has 1 aliphatic heterocycles. The summed E-state index contributed by atoms with van der Waals surface area (Å²) in [7, 11) is -0.444. The standard InChI is InChI=1S/C18H24N6O5S2/c1-5-7-24-15(11-6-8-31(28,29)9-11)20-21-17(24)30-10(2)13(25)12-14(19)22(3)18(27)23(4)16(12)26/h5,10-11H,1,6-9,19H2,2-4H3. The summed E-state index contributed by atoms with van der Waals surface area (Å²) in [5.41, 5.74) is 4.24. The van der Waals surface area contributed by atoms with Crippen LogP contribution in [0.15, 0.2) is 27.4 Å². The fraction of sp³-hybridized carbons (Fsp3) is 0.500. The molecule has 11 nitrogen and oxygen atoms in total. The van der Waals surface area contributed by atoms with Gasteiger partial charge in [-0.05, 0) is 13.3 Å². The molecular formula is C18H24N6O5S2. The molecule has 0 spiro atoms. The van der Waals surface area contributed by atoms with Crippen LogP contribution in [0.5, 0.6) is 0 Å². The second kappa shape index (κ2) is 8.46. The van der Waals surface area contributed by atoms with Crippen molar-refractivity contribution in [2.45, 2.75) is 36.2 Å². The first-order valence-corrected chi connectivity index (χ1v) is 12.2. The molecule has 2 aromatic heterocycles. The topological polar surface area (TPSA) is 152 Å². The molecule has 0 bridgehead atoms. The van der Waals surface area contributed by atoms with E-state index in [2.05, 4.69) is 16.8 Å². The van der Waals surface area contributed by atoms with Gasteiger partial charge in [0, 0.05) is 26.6 Å². The van der Waals surface area contributed by atoms with E-state index in [9.17, 15) is 22.8 Å². The number of sulfone groups is 1. The summed E-state index contributed by atoms with van der Waals surface area (Å²) in [4.78, 5) is 37.5. The molecule has 2 unspecified atom stereocenters. The van der Waals surface area contributed by atoms with Crippen molar-refractivity contribution in [2.75, 3.05) is 17.2 Å². The Morgan fingerprint density at radius 1 is 1.32 bits per heavy atom. The Kier molecular flexibility index (Phi) is 6.28. The van der Waals surface area contributed by atoms with Gasteiger partial charge in [0.2, 0.25) is 0 Å². The van der Waals surface area contributed by atoms with Crippen LogP contribution in [-0.2, 0) is 30.5 Å². The Labute approximate surface area is 182 Å². The highest BCUT2D eigenvalue weighted by Gasteiger charge is 2.34. The minimum Gasteiger partial charge on any atom is -0.384 e. The number of rotatable bonds is 7. The van der Waals surface area contributed by atoms with E-state index in [-0.39, 0.29) is 28.8 Å². The fourth-order valence-corrected chi connectivity index (χ4v) is 6.16. The van der Waals surface area contributed by atoms with E-state index in [1.807, 2.05) is 0 Å². The molecule has 0 amide bonds. The molecule has 0 radical (unpaired) electrons. The molecule has 0 aliphatic carbocycles. The van der Waals surface area contributed by atoms with Gasteiger partial charge in [-0.3, -0.25) is 18.7 Å². The zero-order valence-electron chi connectivity index (χ0n) is 17.4. The third kappa shape index (κ3) is 4.24. The Balaban J connectivity index is 1.93. The highest BCUT2D eigenvalue weighted by Crippen LogP contribution is 2.32. The number of thioether (sulfide) groups is 1. The van der Waals surface area contributed by atoms with Gasteiger partial charge in [-0.15, -0.1) is 16.8 Å². The molecule has 1 fully saturated rings. The Morgan fingerprint density at radius 3 is 2.58 bits per heavy atom. The van der Waals surface area contributed by atoms with Gasteiger partial charge in [0.1, 0.15) is 17.2 Å². The zero-order chi connectivity index (χ0) is 23.1. The van der Waals surface area contributed by atoms with Crippen LogP contribution in [0.25, 0.3) is 0 Å². The molecule has 0 saturated carbocycles. The van der Waals surface area contributed by atoms with Crippen molar-refractivity contribution >= 4 is 33.2 Å². The average Bonchev–Trinajstić information content (AvgIpc) is 3.27. The quantitative estimate of drug-likeness (QED) is 0.328. The van der Waals surface area contributed by atoms with Crippen molar-refractivity contribution in [1.82, 2.24) is 23.9 Å². The predicted octanol–water partition coefficient (Wildman–Crippen LogP) is -0.291. The average molecular weight is 469 g/mol. The van der Waals surface area contributed by atoms with Crippen LogP contribution in [0, 0.1) is 0 Å². The monoisotopic (exact) mass is 468 g/mol. The molecule has 168 valence electrons. The molecule has 3 rings (SSSR count).